The molecule has 0 fully saturated rings. The van der Waals surface area contributed by atoms with E-state index in [9.17, 15) is 4.39 Å². The summed E-state index contributed by atoms with van der Waals surface area (Å²) in [6.07, 6.45) is 3.38. The summed E-state index contributed by atoms with van der Waals surface area (Å²) in [6.45, 7) is 2.75. The second-order valence-electron chi connectivity index (χ2n) is 4.70. The van der Waals surface area contributed by atoms with Crippen LogP contribution in [0.1, 0.15) is 24.1 Å². The van der Waals surface area contributed by atoms with Crippen molar-refractivity contribution in [2.75, 3.05) is 19.0 Å². The molecule has 0 amide bonds. The van der Waals surface area contributed by atoms with E-state index in [1.165, 1.54) is 6.07 Å². The molecular formula is C15H19FN2O. The lowest BCUT2D eigenvalue weighted by atomic mass is 10.0. The fourth-order valence-corrected chi connectivity index (χ4v) is 2.12. The third-order valence-electron chi connectivity index (χ3n) is 3.30. The molecule has 4 heteroatoms. The van der Waals surface area contributed by atoms with Crippen molar-refractivity contribution in [1.82, 2.24) is 5.32 Å². The maximum absolute atomic E-state index is 13.4. The molecule has 0 saturated heterocycles. The summed E-state index contributed by atoms with van der Waals surface area (Å²) >= 11 is 0. The van der Waals surface area contributed by atoms with Gasteiger partial charge in [-0.05, 0) is 43.8 Å². The lowest BCUT2D eigenvalue weighted by molar-refractivity contribution is 0.563. The second kappa shape index (κ2) is 5.89. The highest BCUT2D eigenvalue weighted by Gasteiger charge is 2.14. The standard InChI is InChI=1S/C15H19FN2O/c1-11(17-2)14-8-13(16)4-5-15(14)18(3)9-12-6-7-19-10-12/h4-8,10-11,17H,9H2,1-3H3. The Hall–Kier alpha value is -1.81. The van der Waals surface area contributed by atoms with E-state index in [0.29, 0.717) is 0 Å². The lowest BCUT2D eigenvalue weighted by Crippen LogP contribution is -2.21. The first-order valence-corrected chi connectivity index (χ1v) is 6.30. The molecule has 19 heavy (non-hydrogen) atoms. The molecule has 0 radical (unpaired) electrons. The van der Waals surface area contributed by atoms with E-state index in [4.69, 9.17) is 4.42 Å². The fourth-order valence-electron chi connectivity index (χ4n) is 2.12. The average molecular weight is 262 g/mol. The zero-order valence-corrected chi connectivity index (χ0v) is 11.5. The quantitative estimate of drug-likeness (QED) is 0.896. The summed E-state index contributed by atoms with van der Waals surface area (Å²) < 4.78 is 18.5. The Morgan fingerprint density at radius 2 is 2.16 bits per heavy atom. The molecule has 0 aliphatic rings. The van der Waals surface area contributed by atoms with Crippen LogP contribution < -0.4 is 10.2 Å². The molecule has 1 aromatic heterocycles. The van der Waals surface area contributed by atoms with Crippen molar-refractivity contribution >= 4 is 5.69 Å². The molecule has 3 nitrogen and oxygen atoms in total. The summed E-state index contributed by atoms with van der Waals surface area (Å²) in [5, 5.41) is 3.15. The van der Waals surface area contributed by atoms with Gasteiger partial charge in [0.25, 0.3) is 0 Å². The Kier molecular flexibility index (Phi) is 4.22. The number of nitrogens with zero attached hydrogens (tertiary/aromatic N) is 1. The molecule has 0 bridgehead atoms. The second-order valence-corrected chi connectivity index (χ2v) is 4.70. The zero-order valence-electron chi connectivity index (χ0n) is 11.5. The van der Waals surface area contributed by atoms with E-state index in [1.807, 2.05) is 33.2 Å². The maximum Gasteiger partial charge on any atom is 0.123 e. The number of hydrogen-bond acceptors (Lipinski definition) is 3. The number of benzene rings is 1. The molecule has 0 aliphatic carbocycles. The Bertz CT molecular complexity index is 525. The summed E-state index contributed by atoms with van der Waals surface area (Å²) in [5.41, 5.74) is 3.06. The third kappa shape index (κ3) is 3.15. The predicted molar refractivity (Wildman–Crippen MR) is 74.7 cm³/mol. The number of rotatable bonds is 5. The first-order valence-electron chi connectivity index (χ1n) is 6.30. The summed E-state index contributed by atoms with van der Waals surface area (Å²) in [6, 6.07) is 6.92. The van der Waals surface area contributed by atoms with Crippen LogP contribution in [0.4, 0.5) is 10.1 Å². The van der Waals surface area contributed by atoms with E-state index in [2.05, 4.69) is 10.2 Å². The van der Waals surface area contributed by atoms with E-state index < -0.39 is 0 Å². The molecule has 1 aromatic carbocycles. The molecule has 0 aliphatic heterocycles. The van der Waals surface area contributed by atoms with Crippen LogP contribution in [-0.4, -0.2) is 14.1 Å². The first-order chi connectivity index (χ1) is 9.11. The van der Waals surface area contributed by atoms with E-state index in [-0.39, 0.29) is 11.9 Å². The summed E-state index contributed by atoms with van der Waals surface area (Å²) in [5.74, 6) is -0.211. The predicted octanol–water partition coefficient (Wildman–Crippen LogP) is 3.34. The number of furan rings is 1. The van der Waals surface area contributed by atoms with Gasteiger partial charge in [0, 0.05) is 30.9 Å². The van der Waals surface area contributed by atoms with Crippen molar-refractivity contribution in [2.24, 2.45) is 0 Å². The van der Waals surface area contributed by atoms with Crippen LogP contribution in [0.15, 0.2) is 41.2 Å². The largest absolute Gasteiger partial charge is 0.472 e. The van der Waals surface area contributed by atoms with Crippen molar-refractivity contribution < 1.29 is 8.81 Å². The van der Waals surface area contributed by atoms with Gasteiger partial charge in [0.05, 0.1) is 12.5 Å². The highest BCUT2D eigenvalue weighted by molar-refractivity contribution is 5.54. The molecule has 1 atom stereocenters. The zero-order chi connectivity index (χ0) is 13.8. The van der Waals surface area contributed by atoms with Gasteiger partial charge in [-0.3, -0.25) is 0 Å². The van der Waals surface area contributed by atoms with Crippen molar-refractivity contribution in [3.63, 3.8) is 0 Å². The molecule has 0 spiro atoms. The molecule has 2 aromatic rings. The van der Waals surface area contributed by atoms with Gasteiger partial charge in [0.1, 0.15) is 5.82 Å². The van der Waals surface area contributed by atoms with Crippen molar-refractivity contribution in [2.45, 2.75) is 19.5 Å². The van der Waals surface area contributed by atoms with Gasteiger partial charge in [-0.25, -0.2) is 4.39 Å². The Morgan fingerprint density at radius 1 is 1.37 bits per heavy atom. The van der Waals surface area contributed by atoms with Crippen LogP contribution in [0, 0.1) is 5.82 Å². The van der Waals surface area contributed by atoms with Gasteiger partial charge < -0.3 is 14.6 Å². The Labute approximate surface area is 113 Å². The van der Waals surface area contributed by atoms with Gasteiger partial charge in [0.2, 0.25) is 0 Å². The summed E-state index contributed by atoms with van der Waals surface area (Å²) in [4.78, 5) is 2.09. The highest BCUT2D eigenvalue weighted by atomic mass is 19.1. The van der Waals surface area contributed by atoms with E-state index in [1.54, 1.807) is 18.6 Å². The van der Waals surface area contributed by atoms with Crippen molar-refractivity contribution in [1.29, 1.82) is 0 Å². The summed E-state index contributed by atoms with van der Waals surface area (Å²) in [7, 11) is 3.86. The van der Waals surface area contributed by atoms with Gasteiger partial charge in [-0.1, -0.05) is 0 Å². The van der Waals surface area contributed by atoms with E-state index >= 15 is 0 Å². The molecule has 0 saturated carbocycles. The molecular weight excluding hydrogens is 243 g/mol. The van der Waals surface area contributed by atoms with Crippen LogP contribution in [0.3, 0.4) is 0 Å². The van der Waals surface area contributed by atoms with Crippen LogP contribution in [0.25, 0.3) is 0 Å². The van der Waals surface area contributed by atoms with Gasteiger partial charge in [0.15, 0.2) is 0 Å². The van der Waals surface area contributed by atoms with Crippen LogP contribution in [-0.2, 0) is 6.54 Å². The molecule has 1 unspecified atom stereocenters. The fraction of sp³-hybridized carbons (Fsp3) is 0.333. The smallest absolute Gasteiger partial charge is 0.123 e. The number of halogens is 1. The highest BCUT2D eigenvalue weighted by Crippen LogP contribution is 2.27. The number of hydrogen-bond donors (Lipinski definition) is 1. The molecule has 102 valence electrons. The maximum atomic E-state index is 13.4. The third-order valence-corrected chi connectivity index (χ3v) is 3.30. The average Bonchev–Trinajstić information content (AvgIpc) is 2.90. The number of nitrogens with one attached hydrogen (secondary N) is 1. The van der Waals surface area contributed by atoms with Gasteiger partial charge in [-0.2, -0.15) is 0 Å². The van der Waals surface area contributed by atoms with Crippen LogP contribution >= 0.6 is 0 Å². The Balaban J connectivity index is 2.27. The topological polar surface area (TPSA) is 28.4 Å². The lowest BCUT2D eigenvalue weighted by Gasteiger charge is -2.24. The SMILES string of the molecule is CNC(C)c1cc(F)ccc1N(C)Cc1ccoc1. The normalized spacial score (nSPS) is 12.4. The minimum Gasteiger partial charge on any atom is -0.472 e. The molecule has 2 rings (SSSR count). The van der Waals surface area contributed by atoms with Crippen molar-refractivity contribution in [3.05, 3.63) is 53.7 Å². The van der Waals surface area contributed by atoms with Crippen LogP contribution in [0.2, 0.25) is 0 Å². The Morgan fingerprint density at radius 3 is 2.79 bits per heavy atom. The molecule has 1 heterocycles. The number of anilines is 1. The molecule has 1 N–H and O–H groups in total. The van der Waals surface area contributed by atoms with Crippen molar-refractivity contribution in [3.8, 4) is 0 Å². The van der Waals surface area contributed by atoms with Gasteiger partial charge >= 0.3 is 0 Å². The van der Waals surface area contributed by atoms with Gasteiger partial charge in [-0.15, -0.1) is 0 Å². The minimum atomic E-state index is -0.211. The van der Waals surface area contributed by atoms with Crippen LogP contribution in [0.5, 0.6) is 0 Å². The minimum absolute atomic E-state index is 0.0949. The first kappa shape index (κ1) is 13.6. The monoisotopic (exact) mass is 262 g/mol. The van der Waals surface area contributed by atoms with E-state index in [0.717, 1.165) is 23.4 Å².